The maximum Gasteiger partial charge on any atom is 0.409 e. The summed E-state index contributed by atoms with van der Waals surface area (Å²) in [5.74, 6) is -1.01. The van der Waals surface area contributed by atoms with E-state index < -0.39 is 28.0 Å². The van der Waals surface area contributed by atoms with Gasteiger partial charge in [0.25, 0.3) is 5.91 Å². The van der Waals surface area contributed by atoms with Crippen LogP contribution in [0, 0.1) is 0 Å². The lowest BCUT2D eigenvalue weighted by molar-refractivity contribution is 0.0600. The molecule has 0 aliphatic carbocycles. The summed E-state index contributed by atoms with van der Waals surface area (Å²) >= 11 is 1.25. The molecule has 12 nitrogen and oxygen atoms in total. The molecule has 3 aromatic rings. The van der Waals surface area contributed by atoms with Crippen molar-refractivity contribution in [3.63, 3.8) is 0 Å². The summed E-state index contributed by atoms with van der Waals surface area (Å²) < 4.78 is 45.5. The van der Waals surface area contributed by atoms with Crippen molar-refractivity contribution in [1.29, 1.82) is 0 Å². The van der Waals surface area contributed by atoms with Crippen LogP contribution in [0.25, 0.3) is 10.2 Å². The molecule has 1 fully saturated rings. The number of fused-ring (bicyclic) bond motifs is 1. The molecule has 41 heavy (non-hydrogen) atoms. The third-order valence-corrected chi connectivity index (χ3v) is 9.42. The second-order valence-corrected chi connectivity index (χ2v) is 11.9. The highest BCUT2D eigenvalue weighted by atomic mass is 32.2. The number of piperazine rings is 1. The molecular weight excluding hydrogens is 572 g/mol. The van der Waals surface area contributed by atoms with Crippen LogP contribution >= 0.6 is 11.3 Å². The summed E-state index contributed by atoms with van der Waals surface area (Å²) in [7, 11) is -2.51. The van der Waals surface area contributed by atoms with E-state index >= 15 is 0 Å². The normalized spacial score (nSPS) is 14.8. The van der Waals surface area contributed by atoms with Gasteiger partial charge in [0.15, 0.2) is 4.80 Å². The van der Waals surface area contributed by atoms with Gasteiger partial charge in [-0.2, -0.15) is 9.30 Å². The Morgan fingerprint density at radius 1 is 0.951 bits per heavy atom. The van der Waals surface area contributed by atoms with Gasteiger partial charge in [0, 0.05) is 44.9 Å². The van der Waals surface area contributed by atoms with Gasteiger partial charge in [-0.1, -0.05) is 11.3 Å². The molecule has 0 N–H and O–H groups in total. The van der Waals surface area contributed by atoms with Gasteiger partial charge in [-0.15, -0.1) is 0 Å². The molecule has 1 aromatic heterocycles. The van der Waals surface area contributed by atoms with Crippen molar-refractivity contribution in [2.75, 3.05) is 53.1 Å². The van der Waals surface area contributed by atoms with E-state index in [1.807, 2.05) is 11.5 Å². The maximum absolute atomic E-state index is 13.2. The number of amides is 2. The summed E-state index contributed by atoms with van der Waals surface area (Å²) in [4.78, 5) is 43.3. The van der Waals surface area contributed by atoms with E-state index in [9.17, 15) is 22.8 Å². The zero-order chi connectivity index (χ0) is 29.6. The second-order valence-electron chi connectivity index (χ2n) is 8.94. The molecule has 0 spiro atoms. The third-order valence-electron chi connectivity index (χ3n) is 6.47. The number of sulfonamides is 1. The van der Waals surface area contributed by atoms with E-state index in [2.05, 4.69) is 4.99 Å². The predicted octanol–water partition coefficient (Wildman–Crippen LogP) is 2.73. The van der Waals surface area contributed by atoms with E-state index in [1.54, 1.807) is 25.1 Å². The van der Waals surface area contributed by atoms with Crippen molar-refractivity contribution >= 4 is 49.5 Å². The Labute approximate surface area is 241 Å². The van der Waals surface area contributed by atoms with Gasteiger partial charge in [0.1, 0.15) is 0 Å². The molecule has 1 aliphatic heterocycles. The Morgan fingerprint density at radius 2 is 1.63 bits per heavy atom. The van der Waals surface area contributed by atoms with E-state index in [0.717, 1.165) is 10.2 Å². The highest BCUT2D eigenvalue weighted by Crippen LogP contribution is 2.21. The molecule has 14 heteroatoms. The first-order chi connectivity index (χ1) is 19.7. The van der Waals surface area contributed by atoms with E-state index in [0.29, 0.717) is 30.1 Å². The highest BCUT2D eigenvalue weighted by molar-refractivity contribution is 7.89. The number of carbonyl (C=O) groups excluding carboxylic acids is 3. The lowest BCUT2D eigenvalue weighted by Crippen LogP contribution is -2.50. The van der Waals surface area contributed by atoms with Crippen LogP contribution in [-0.4, -0.2) is 93.3 Å². The molecule has 0 bridgehead atoms. The van der Waals surface area contributed by atoms with Crippen molar-refractivity contribution < 1.29 is 37.0 Å². The molecule has 220 valence electrons. The Bertz CT molecular complexity index is 1590. The van der Waals surface area contributed by atoms with Gasteiger partial charge in [-0.3, -0.25) is 4.79 Å². The summed E-state index contributed by atoms with van der Waals surface area (Å²) in [6.45, 7) is 5.98. The maximum atomic E-state index is 13.2. The largest absolute Gasteiger partial charge is 0.465 e. The Balaban J connectivity index is 1.56. The number of hydrogen-bond donors (Lipinski definition) is 0. The molecule has 0 atom stereocenters. The Hall–Kier alpha value is -3.59. The number of thiazole rings is 1. The van der Waals surface area contributed by atoms with Crippen molar-refractivity contribution in [2.24, 2.45) is 4.99 Å². The average Bonchev–Trinajstić information content (AvgIpc) is 3.32. The van der Waals surface area contributed by atoms with Crippen LogP contribution in [0.4, 0.5) is 4.79 Å². The van der Waals surface area contributed by atoms with Crippen molar-refractivity contribution in [3.8, 4) is 0 Å². The smallest absolute Gasteiger partial charge is 0.409 e. The molecular formula is C27H32N4O8S2. The lowest BCUT2D eigenvalue weighted by Gasteiger charge is -2.33. The summed E-state index contributed by atoms with van der Waals surface area (Å²) in [5.41, 5.74) is 1.40. The minimum Gasteiger partial charge on any atom is -0.465 e. The lowest BCUT2D eigenvalue weighted by atomic mass is 10.2. The quantitative estimate of drug-likeness (QED) is 0.269. The number of rotatable bonds is 9. The Kier molecular flexibility index (Phi) is 9.91. The zero-order valence-electron chi connectivity index (χ0n) is 23.1. The van der Waals surface area contributed by atoms with Crippen molar-refractivity contribution in [2.45, 2.75) is 25.3 Å². The number of carbonyl (C=O) groups is 3. The fraction of sp³-hybridized carbons (Fsp3) is 0.407. The topological polar surface area (TPSA) is 137 Å². The molecule has 0 saturated carbocycles. The van der Waals surface area contributed by atoms with E-state index in [4.69, 9.17) is 14.2 Å². The third kappa shape index (κ3) is 6.84. The van der Waals surface area contributed by atoms with E-state index in [1.165, 1.54) is 51.9 Å². The zero-order valence-corrected chi connectivity index (χ0v) is 24.7. The van der Waals surface area contributed by atoms with Crippen LogP contribution in [-0.2, 0) is 30.8 Å². The molecule has 0 radical (unpaired) electrons. The number of ether oxygens (including phenoxy) is 3. The highest BCUT2D eigenvalue weighted by Gasteiger charge is 2.30. The minimum absolute atomic E-state index is 0.0441. The standard InChI is InChI=1S/C27H32N4O8S2/c1-4-38-17-16-31-22-11-8-20(25(33)37-3)18-23(22)40-26(31)28-24(32)19-6-9-21(10-7-19)41(35,36)30-14-12-29(13-15-30)27(34)39-5-2/h6-11,18H,4-5,12-17H2,1-3H3. The number of hydrogen-bond acceptors (Lipinski definition) is 9. The minimum atomic E-state index is -3.82. The van der Waals surface area contributed by atoms with Crippen LogP contribution in [0.5, 0.6) is 0 Å². The molecule has 2 aromatic carbocycles. The van der Waals surface area contributed by atoms with Gasteiger partial charge in [0.2, 0.25) is 10.0 Å². The molecule has 2 amide bonds. The van der Waals surface area contributed by atoms with Gasteiger partial charge >= 0.3 is 12.1 Å². The first-order valence-electron chi connectivity index (χ1n) is 13.1. The first-order valence-corrected chi connectivity index (χ1v) is 15.4. The fourth-order valence-corrected chi connectivity index (χ4v) is 6.83. The van der Waals surface area contributed by atoms with Crippen molar-refractivity contribution in [3.05, 3.63) is 58.4 Å². The molecule has 2 heterocycles. The number of aromatic nitrogens is 1. The number of benzene rings is 2. The van der Waals surface area contributed by atoms with Gasteiger partial charge in [0.05, 0.1) is 41.0 Å². The molecule has 4 rings (SSSR count). The van der Waals surface area contributed by atoms with Crippen molar-refractivity contribution in [1.82, 2.24) is 13.8 Å². The number of esters is 1. The summed E-state index contributed by atoms with van der Waals surface area (Å²) in [6, 6.07) is 10.7. The molecule has 1 aliphatic rings. The predicted molar refractivity (Wildman–Crippen MR) is 151 cm³/mol. The Morgan fingerprint density at radius 3 is 2.27 bits per heavy atom. The summed E-state index contributed by atoms with van der Waals surface area (Å²) in [5, 5.41) is 0. The van der Waals surface area contributed by atoms with E-state index in [-0.39, 0.29) is 43.2 Å². The van der Waals surface area contributed by atoms with Crippen LogP contribution in [0.2, 0.25) is 0 Å². The summed E-state index contributed by atoms with van der Waals surface area (Å²) in [6.07, 6.45) is -0.460. The molecule has 1 saturated heterocycles. The van der Waals surface area contributed by atoms with Gasteiger partial charge in [-0.05, 0) is 56.3 Å². The van der Waals surface area contributed by atoms with Crippen LogP contribution < -0.4 is 4.80 Å². The van der Waals surface area contributed by atoms with Crippen LogP contribution in [0.15, 0.2) is 52.4 Å². The van der Waals surface area contributed by atoms with Crippen LogP contribution in [0.1, 0.15) is 34.6 Å². The number of methoxy groups -OCH3 is 1. The average molecular weight is 605 g/mol. The van der Waals surface area contributed by atoms with Crippen LogP contribution in [0.3, 0.4) is 0 Å². The van der Waals surface area contributed by atoms with Gasteiger partial charge < -0.3 is 23.7 Å². The number of nitrogens with zero attached hydrogens (tertiary/aromatic N) is 4. The molecule has 0 unspecified atom stereocenters. The SMILES string of the molecule is CCOCCn1c(=NC(=O)c2ccc(S(=O)(=O)N3CCN(C(=O)OCC)CC3)cc2)sc2cc(C(=O)OC)ccc21. The fourth-order valence-electron chi connectivity index (χ4n) is 4.32. The first kappa shape index (κ1) is 30.4. The monoisotopic (exact) mass is 604 g/mol. The van der Waals surface area contributed by atoms with Gasteiger partial charge in [-0.25, -0.2) is 18.0 Å². The second kappa shape index (κ2) is 13.4.